The Bertz CT molecular complexity index is 1660. The largest absolute Gasteiger partial charge is 0.496 e. The summed E-state index contributed by atoms with van der Waals surface area (Å²) < 4.78 is 46.0. The fourth-order valence-electron chi connectivity index (χ4n) is 4.73. The van der Waals surface area contributed by atoms with Gasteiger partial charge in [-0.25, -0.2) is 13.6 Å². The van der Waals surface area contributed by atoms with E-state index in [1.165, 1.54) is 14.2 Å². The molecule has 3 aromatic carbocycles. The summed E-state index contributed by atoms with van der Waals surface area (Å²) in [4.78, 5) is 40.8. The van der Waals surface area contributed by atoms with Crippen LogP contribution in [0, 0.1) is 11.6 Å². The standard InChI is InChI=1S/C31H29F2N3O7/c1-4-43-15-16-10-24(41-2)26(25(11-16)42-3)20-8-7-17(19-6-5-9-35-28(19)20)14-23(31(39)40)36-30(38)27-21(32)12-18(29(34)37)13-22(27)33/h5-13,23H,4,14-15H2,1-3H3,(H2,34,37)(H,36,38)(H,39,40). The molecule has 4 N–H and O–H groups in total. The van der Waals surface area contributed by atoms with Gasteiger partial charge in [0.05, 0.1) is 31.9 Å². The van der Waals surface area contributed by atoms with Crippen molar-refractivity contribution in [2.45, 2.75) is 26.0 Å². The van der Waals surface area contributed by atoms with Crippen LogP contribution in [0.4, 0.5) is 8.78 Å². The fourth-order valence-corrected chi connectivity index (χ4v) is 4.73. The number of benzene rings is 3. The van der Waals surface area contributed by atoms with Gasteiger partial charge in [-0.1, -0.05) is 18.2 Å². The van der Waals surface area contributed by atoms with Crippen molar-refractivity contribution in [1.82, 2.24) is 10.3 Å². The Hall–Kier alpha value is -5.10. The number of aliphatic carboxylic acids is 1. The number of hydrogen-bond acceptors (Lipinski definition) is 7. The Morgan fingerprint density at radius 3 is 2.23 bits per heavy atom. The Morgan fingerprint density at radius 1 is 1.02 bits per heavy atom. The van der Waals surface area contributed by atoms with Gasteiger partial charge in [-0.3, -0.25) is 14.6 Å². The highest BCUT2D eigenvalue weighted by Crippen LogP contribution is 2.43. The summed E-state index contributed by atoms with van der Waals surface area (Å²) in [7, 11) is 3.06. The van der Waals surface area contributed by atoms with Gasteiger partial charge in [0, 0.05) is 35.7 Å². The number of carboxylic acids is 1. The Morgan fingerprint density at radius 2 is 1.67 bits per heavy atom. The van der Waals surface area contributed by atoms with E-state index in [4.69, 9.17) is 19.9 Å². The van der Waals surface area contributed by atoms with Gasteiger partial charge in [0.2, 0.25) is 5.91 Å². The first-order chi connectivity index (χ1) is 20.6. The normalized spacial score (nSPS) is 11.7. The number of aromatic nitrogens is 1. The zero-order valence-corrected chi connectivity index (χ0v) is 23.6. The number of nitrogens with two attached hydrogens (primary N) is 1. The smallest absolute Gasteiger partial charge is 0.326 e. The molecule has 12 heteroatoms. The van der Waals surface area contributed by atoms with Gasteiger partial charge in [-0.2, -0.15) is 0 Å². The number of fused-ring (bicyclic) bond motifs is 1. The predicted molar refractivity (Wildman–Crippen MR) is 153 cm³/mol. The van der Waals surface area contributed by atoms with Crippen molar-refractivity contribution < 1.29 is 42.5 Å². The molecule has 0 saturated heterocycles. The molecule has 0 radical (unpaired) electrons. The molecule has 1 heterocycles. The Balaban J connectivity index is 1.73. The van der Waals surface area contributed by atoms with E-state index >= 15 is 0 Å². The lowest BCUT2D eigenvalue weighted by Crippen LogP contribution is -2.43. The van der Waals surface area contributed by atoms with Crippen molar-refractivity contribution in [3.63, 3.8) is 0 Å². The third-order valence-corrected chi connectivity index (χ3v) is 6.75. The topological polar surface area (TPSA) is 150 Å². The van der Waals surface area contributed by atoms with E-state index in [9.17, 15) is 28.3 Å². The lowest BCUT2D eigenvalue weighted by Gasteiger charge is -2.19. The van der Waals surface area contributed by atoms with Crippen LogP contribution < -0.4 is 20.5 Å². The quantitative estimate of drug-likeness (QED) is 0.221. The van der Waals surface area contributed by atoms with Crippen molar-refractivity contribution in [3.8, 4) is 22.6 Å². The second-order valence-electron chi connectivity index (χ2n) is 9.43. The van der Waals surface area contributed by atoms with Crippen LogP contribution in [0.5, 0.6) is 11.5 Å². The molecule has 43 heavy (non-hydrogen) atoms. The minimum absolute atomic E-state index is 0.242. The van der Waals surface area contributed by atoms with Gasteiger partial charge >= 0.3 is 5.97 Å². The summed E-state index contributed by atoms with van der Waals surface area (Å²) in [6.45, 7) is 2.78. The monoisotopic (exact) mass is 593 g/mol. The molecule has 0 fully saturated rings. The molecular formula is C31H29F2N3O7. The zero-order chi connectivity index (χ0) is 31.3. The number of nitrogens with zero attached hydrogens (tertiary/aromatic N) is 1. The van der Waals surface area contributed by atoms with Gasteiger partial charge in [-0.05, 0) is 48.4 Å². The molecule has 0 aliphatic heterocycles. The maximum Gasteiger partial charge on any atom is 0.326 e. The number of nitrogens with one attached hydrogen (secondary N) is 1. The summed E-state index contributed by atoms with van der Waals surface area (Å²) in [5.74, 6) is -5.52. The SMILES string of the molecule is CCOCc1cc(OC)c(-c2ccc(CC(NC(=O)c3c(F)cc(C(N)=O)cc3F)C(=O)O)c3cccnc23)c(OC)c1. The summed E-state index contributed by atoms with van der Waals surface area (Å²) in [5, 5.41) is 12.6. The maximum absolute atomic E-state index is 14.5. The number of carbonyl (C=O) groups excluding carboxylic acids is 2. The average molecular weight is 594 g/mol. The number of amides is 2. The van der Waals surface area contributed by atoms with E-state index in [1.807, 2.05) is 19.1 Å². The lowest BCUT2D eigenvalue weighted by atomic mass is 9.93. The van der Waals surface area contributed by atoms with Crippen LogP contribution >= 0.6 is 0 Å². The molecule has 10 nitrogen and oxygen atoms in total. The molecule has 0 aliphatic rings. The first-order valence-corrected chi connectivity index (χ1v) is 13.1. The maximum atomic E-state index is 14.5. The van der Waals surface area contributed by atoms with Gasteiger partial charge < -0.3 is 30.4 Å². The molecule has 1 atom stereocenters. The minimum Gasteiger partial charge on any atom is -0.496 e. The Kier molecular flexibility index (Phi) is 9.51. The van der Waals surface area contributed by atoms with E-state index in [2.05, 4.69) is 10.3 Å². The summed E-state index contributed by atoms with van der Waals surface area (Å²) >= 11 is 0. The number of primary amides is 1. The molecule has 0 bridgehead atoms. The van der Waals surface area contributed by atoms with Crippen molar-refractivity contribution in [1.29, 1.82) is 0 Å². The van der Waals surface area contributed by atoms with E-state index in [0.29, 0.717) is 64.4 Å². The highest BCUT2D eigenvalue weighted by atomic mass is 19.1. The van der Waals surface area contributed by atoms with Crippen LogP contribution in [-0.4, -0.2) is 54.7 Å². The third kappa shape index (κ3) is 6.54. The number of ether oxygens (including phenoxy) is 3. The number of pyridine rings is 1. The van der Waals surface area contributed by atoms with Crippen molar-refractivity contribution in [2.75, 3.05) is 20.8 Å². The van der Waals surface area contributed by atoms with Gasteiger partial charge in [-0.15, -0.1) is 0 Å². The van der Waals surface area contributed by atoms with Gasteiger partial charge in [0.15, 0.2) is 0 Å². The van der Waals surface area contributed by atoms with Crippen LogP contribution in [0.25, 0.3) is 22.0 Å². The summed E-state index contributed by atoms with van der Waals surface area (Å²) in [6.07, 6.45) is 1.34. The van der Waals surface area contributed by atoms with Crippen LogP contribution in [0.15, 0.2) is 54.7 Å². The van der Waals surface area contributed by atoms with Crippen molar-refractivity contribution in [3.05, 3.63) is 88.6 Å². The molecule has 1 aromatic heterocycles. The molecule has 1 unspecified atom stereocenters. The Labute approximate surface area is 245 Å². The average Bonchev–Trinajstić information content (AvgIpc) is 2.98. The number of rotatable bonds is 12. The number of carbonyl (C=O) groups is 3. The number of halogens is 2. The summed E-state index contributed by atoms with van der Waals surface area (Å²) in [5.41, 5.74) is 6.65. The highest BCUT2D eigenvalue weighted by molar-refractivity contribution is 6.01. The number of methoxy groups -OCH3 is 2. The van der Waals surface area contributed by atoms with E-state index < -0.39 is 46.6 Å². The van der Waals surface area contributed by atoms with E-state index in [1.54, 1.807) is 30.5 Å². The molecule has 224 valence electrons. The third-order valence-electron chi connectivity index (χ3n) is 6.75. The predicted octanol–water partition coefficient (Wildman–Crippen LogP) is 4.26. The van der Waals surface area contributed by atoms with Gasteiger partial charge in [0.1, 0.15) is 34.7 Å². The van der Waals surface area contributed by atoms with E-state index in [-0.39, 0.29) is 6.42 Å². The molecular weight excluding hydrogens is 564 g/mol. The molecule has 0 saturated carbocycles. The molecule has 4 rings (SSSR count). The molecule has 4 aromatic rings. The summed E-state index contributed by atoms with van der Waals surface area (Å²) in [6, 6.07) is 10.1. The zero-order valence-electron chi connectivity index (χ0n) is 23.6. The lowest BCUT2D eigenvalue weighted by molar-refractivity contribution is -0.139. The molecule has 0 spiro atoms. The molecule has 2 amide bonds. The number of hydrogen-bond donors (Lipinski definition) is 3. The first-order valence-electron chi connectivity index (χ1n) is 13.1. The first kappa shape index (κ1) is 30.8. The van der Waals surface area contributed by atoms with Crippen molar-refractivity contribution >= 4 is 28.7 Å². The van der Waals surface area contributed by atoms with E-state index in [0.717, 1.165) is 5.56 Å². The minimum atomic E-state index is -1.57. The van der Waals surface area contributed by atoms with Crippen molar-refractivity contribution in [2.24, 2.45) is 5.73 Å². The molecule has 0 aliphatic carbocycles. The highest BCUT2D eigenvalue weighted by Gasteiger charge is 2.27. The van der Waals surface area contributed by atoms with Gasteiger partial charge in [0.25, 0.3) is 5.91 Å². The van der Waals surface area contributed by atoms with Crippen LogP contribution in [0.1, 0.15) is 38.8 Å². The van der Waals surface area contributed by atoms with Crippen LogP contribution in [-0.2, 0) is 22.6 Å². The number of carboxylic acid groups (broad SMARTS) is 1. The fraction of sp³-hybridized carbons (Fsp3) is 0.226. The van der Waals surface area contributed by atoms with Crippen LogP contribution in [0.3, 0.4) is 0 Å². The second kappa shape index (κ2) is 13.3. The van der Waals surface area contributed by atoms with Crippen LogP contribution in [0.2, 0.25) is 0 Å². The second-order valence-corrected chi connectivity index (χ2v) is 9.43.